The Labute approximate surface area is 288 Å². The Morgan fingerprint density at radius 3 is 0.980 bits per heavy atom. The van der Waals surface area contributed by atoms with Crippen molar-refractivity contribution in [3.63, 3.8) is 0 Å². The molecule has 0 fully saturated rings. The van der Waals surface area contributed by atoms with E-state index >= 15 is 0 Å². The van der Waals surface area contributed by atoms with Crippen LogP contribution < -0.4 is 9.05 Å². The number of hydrogen-bond donors (Lipinski definition) is 0. The molecule has 1 heterocycles. The second-order valence-corrected chi connectivity index (χ2v) is 19.4. The molecule has 50 heavy (non-hydrogen) atoms. The predicted molar refractivity (Wildman–Crippen MR) is 175 cm³/mol. The summed E-state index contributed by atoms with van der Waals surface area (Å²) >= 11 is 0. The molecule has 2 aromatic rings. The molecule has 3 rings (SSSR count). The summed E-state index contributed by atoms with van der Waals surface area (Å²) in [6, 6.07) is 6.64. The van der Waals surface area contributed by atoms with Gasteiger partial charge in [0.05, 0.1) is 0 Å². The quantitative estimate of drug-likeness (QED) is 0.217. The van der Waals surface area contributed by atoms with E-state index in [0.717, 1.165) is 11.1 Å². The van der Waals surface area contributed by atoms with Crippen LogP contribution in [0.15, 0.2) is 24.3 Å². The average molecular weight is 751 g/mol. The fourth-order valence-corrected chi connectivity index (χ4v) is 7.84. The van der Waals surface area contributed by atoms with Crippen molar-refractivity contribution in [1.82, 2.24) is 0 Å². The van der Waals surface area contributed by atoms with Gasteiger partial charge in [0.1, 0.15) is 0 Å². The van der Waals surface area contributed by atoms with Crippen molar-refractivity contribution in [1.29, 1.82) is 0 Å². The Morgan fingerprint density at radius 2 is 0.760 bits per heavy atom. The Morgan fingerprint density at radius 1 is 0.480 bits per heavy atom. The number of rotatable bonds is 6. The molecule has 1 aliphatic rings. The van der Waals surface area contributed by atoms with Gasteiger partial charge >= 0.3 is 289 Å². The Bertz CT molecular complexity index is 1420. The molecule has 0 unspecified atom stereocenters. The van der Waals surface area contributed by atoms with E-state index in [1.807, 2.05) is 41.5 Å². The minimum absolute atomic E-state index is 0.0328. The van der Waals surface area contributed by atoms with Crippen LogP contribution in [0.5, 0.6) is 11.5 Å². The molecule has 0 aromatic heterocycles. The average Bonchev–Trinajstić information content (AvgIpc) is 2.87. The molecule has 286 valence electrons. The van der Waals surface area contributed by atoms with Crippen LogP contribution in [0.3, 0.4) is 0 Å². The van der Waals surface area contributed by atoms with Crippen LogP contribution in [0.2, 0.25) is 0 Å². The normalized spacial score (nSPS) is 18.1. The number of alkyl halides is 9. The summed E-state index contributed by atoms with van der Waals surface area (Å²) in [5.41, 5.74) is -0.514. The third-order valence-corrected chi connectivity index (χ3v) is 10.5. The third-order valence-electron chi connectivity index (χ3n) is 7.86. The molecule has 0 amide bonds. The Hall–Kier alpha value is -2.28. The zero-order valence-electron chi connectivity index (χ0n) is 30.5. The maximum atomic E-state index is 14.0. The molecular formula is C35H48F9O5P. The number of halogens is 9. The van der Waals surface area contributed by atoms with Crippen molar-refractivity contribution in [3.05, 3.63) is 57.6 Å². The van der Waals surface area contributed by atoms with Crippen LogP contribution in [-0.4, -0.2) is 38.3 Å². The summed E-state index contributed by atoms with van der Waals surface area (Å²) in [7, 11) is -7.19. The van der Waals surface area contributed by atoms with Crippen molar-refractivity contribution >= 4 is 7.74 Å². The molecule has 15 heteroatoms. The zero-order chi connectivity index (χ0) is 38.8. The summed E-state index contributed by atoms with van der Waals surface area (Å²) in [4.78, 5) is 0. The van der Waals surface area contributed by atoms with Gasteiger partial charge in [0.2, 0.25) is 0 Å². The molecule has 5 nitrogen and oxygen atoms in total. The van der Waals surface area contributed by atoms with Crippen molar-refractivity contribution in [2.75, 3.05) is 19.8 Å². The molecule has 0 atom stereocenters. The van der Waals surface area contributed by atoms with E-state index < -0.39 is 67.7 Å². The first-order valence-electron chi connectivity index (χ1n) is 16.0. The number of fused-ring (bicyclic) bond motifs is 2. The standard InChI is InChI=1S/C35H48F9O5P/c1-29(2,3)23-14-21-13-22-15-24(30(4,5)6)17-26(32(10,11)12)28(22)49-50(45-18-33(36,37)38,46-19-34(39,40)41,47-20-35(42,43)44)48-27(21)25(16-23)31(7,8)9/h14-17H,13,18-20H2,1-12H3. The Balaban J connectivity index is 2.73. The van der Waals surface area contributed by atoms with Crippen LogP contribution in [0.4, 0.5) is 39.5 Å². The first-order chi connectivity index (χ1) is 22.0. The maximum absolute atomic E-state index is 14.0. The summed E-state index contributed by atoms with van der Waals surface area (Å²) in [6.07, 6.45) is -15.9. The van der Waals surface area contributed by atoms with E-state index in [9.17, 15) is 39.5 Å². The van der Waals surface area contributed by atoms with Crippen LogP contribution in [0, 0.1) is 0 Å². The van der Waals surface area contributed by atoms with Gasteiger partial charge in [-0.05, 0) is 0 Å². The van der Waals surface area contributed by atoms with E-state index in [1.54, 1.807) is 65.8 Å². The molecule has 2 aromatic carbocycles. The monoisotopic (exact) mass is 750 g/mol. The number of benzene rings is 2. The molecule has 0 bridgehead atoms. The van der Waals surface area contributed by atoms with Gasteiger partial charge in [-0.2, -0.15) is 0 Å². The molecule has 0 saturated carbocycles. The van der Waals surface area contributed by atoms with E-state index in [-0.39, 0.29) is 40.2 Å². The van der Waals surface area contributed by atoms with Gasteiger partial charge in [-0.25, -0.2) is 0 Å². The second-order valence-electron chi connectivity index (χ2n) is 16.8. The summed E-state index contributed by atoms with van der Waals surface area (Å²) in [5.74, 6) is -0.724. The van der Waals surface area contributed by atoms with Crippen LogP contribution in [0.25, 0.3) is 0 Å². The van der Waals surface area contributed by atoms with Crippen LogP contribution in [-0.2, 0) is 41.7 Å². The van der Waals surface area contributed by atoms with Gasteiger partial charge in [0.25, 0.3) is 0 Å². The topological polar surface area (TPSA) is 46.2 Å². The first kappa shape index (κ1) is 42.1. The van der Waals surface area contributed by atoms with Gasteiger partial charge in [-0.15, -0.1) is 0 Å². The van der Waals surface area contributed by atoms with Crippen LogP contribution >= 0.6 is 7.74 Å². The van der Waals surface area contributed by atoms with Gasteiger partial charge in [-0.1, -0.05) is 0 Å². The van der Waals surface area contributed by atoms with E-state index in [2.05, 4.69) is 0 Å². The molecule has 0 saturated heterocycles. The van der Waals surface area contributed by atoms with Crippen molar-refractivity contribution in [3.8, 4) is 11.5 Å². The first-order valence-corrected chi connectivity index (χ1v) is 17.8. The van der Waals surface area contributed by atoms with Gasteiger partial charge in [0.15, 0.2) is 0 Å². The SMILES string of the molecule is CC(C)(C)c1cc2c(c(C(C)(C)C)c1)OP(OCC(F)(F)F)(OCC(F)(F)F)(OCC(F)(F)F)Oc1c(cc(C(C)(C)C)cc1C(C)(C)C)C2. The summed E-state index contributed by atoms with van der Waals surface area (Å²) in [6.45, 7) is 14.4. The van der Waals surface area contributed by atoms with Crippen molar-refractivity contribution in [2.24, 2.45) is 0 Å². The fraction of sp³-hybridized carbons (Fsp3) is 0.657. The van der Waals surface area contributed by atoms with Gasteiger partial charge in [0, 0.05) is 0 Å². The van der Waals surface area contributed by atoms with Crippen LogP contribution in [0.1, 0.15) is 116 Å². The second kappa shape index (κ2) is 13.0. The minimum atomic E-state index is -7.19. The Kier molecular flexibility index (Phi) is 10.9. The number of hydrogen-bond acceptors (Lipinski definition) is 5. The molecular weight excluding hydrogens is 702 g/mol. The van der Waals surface area contributed by atoms with Crippen molar-refractivity contribution < 1.29 is 62.1 Å². The van der Waals surface area contributed by atoms with E-state index in [1.165, 1.54) is 0 Å². The van der Waals surface area contributed by atoms with E-state index in [4.69, 9.17) is 22.6 Å². The van der Waals surface area contributed by atoms with Crippen molar-refractivity contribution in [2.45, 2.75) is 130 Å². The third kappa shape index (κ3) is 10.4. The molecule has 1 aliphatic heterocycles. The molecule has 0 N–H and O–H groups in total. The summed E-state index contributed by atoms with van der Waals surface area (Å²) in [5, 5.41) is 0. The van der Waals surface area contributed by atoms with Gasteiger partial charge in [-0.3, -0.25) is 0 Å². The van der Waals surface area contributed by atoms with E-state index in [0.29, 0.717) is 0 Å². The van der Waals surface area contributed by atoms with Gasteiger partial charge < -0.3 is 0 Å². The predicted octanol–water partition coefficient (Wildman–Crippen LogP) is 12.1. The molecule has 0 spiro atoms. The molecule has 0 aliphatic carbocycles. The molecule has 0 radical (unpaired) electrons. The zero-order valence-corrected chi connectivity index (χ0v) is 31.4. The summed E-state index contributed by atoms with van der Waals surface area (Å²) < 4.78 is 154. The fourth-order valence-electron chi connectivity index (χ4n) is 5.16.